The maximum atomic E-state index is 13.6. The molecule has 2 aliphatic heterocycles. The molecule has 0 N–H and O–H groups in total. The zero-order valence-electron chi connectivity index (χ0n) is 21.5. The monoisotopic (exact) mass is 605 g/mol. The van der Waals surface area contributed by atoms with Crippen LogP contribution in [0.25, 0.3) is 22.6 Å². The van der Waals surface area contributed by atoms with Gasteiger partial charge < -0.3 is 14.2 Å². The number of carbonyl (C=O) groups excluding carboxylic acids is 1. The number of sulfonamides is 1. The first kappa shape index (κ1) is 26.0. The Morgan fingerprint density at radius 2 is 1.74 bits per heavy atom. The molecule has 0 spiro atoms. The Morgan fingerprint density at radius 3 is 2.49 bits per heavy atom. The molecule has 39 heavy (non-hydrogen) atoms. The number of morpholine rings is 1. The van der Waals surface area contributed by atoms with Crippen LogP contribution in [0.3, 0.4) is 0 Å². The molecule has 3 aromatic carbocycles. The summed E-state index contributed by atoms with van der Waals surface area (Å²) in [6.07, 6.45) is 3.97. The van der Waals surface area contributed by atoms with E-state index in [1.165, 1.54) is 4.31 Å². The molecule has 2 aliphatic rings. The Morgan fingerprint density at radius 1 is 1.00 bits per heavy atom. The van der Waals surface area contributed by atoms with E-state index in [9.17, 15) is 13.2 Å². The summed E-state index contributed by atoms with van der Waals surface area (Å²) in [5.74, 6) is -0.127. The van der Waals surface area contributed by atoms with E-state index in [2.05, 4.69) is 51.0 Å². The quantitative estimate of drug-likeness (QED) is 0.277. The van der Waals surface area contributed by atoms with Gasteiger partial charge in [0.1, 0.15) is 0 Å². The molecule has 1 fully saturated rings. The number of halogens is 1. The molecule has 0 aliphatic carbocycles. The van der Waals surface area contributed by atoms with Crippen molar-refractivity contribution in [3.63, 3.8) is 0 Å². The van der Waals surface area contributed by atoms with Crippen LogP contribution < -0.4 is 4.90 Å². The molecule has 0 unspecified atom stereocenters. The average Bonchev–Trinajstić information content (AvgIpc) is 3.44. The third kappa shape index (κ3) is 4.74. The maximum Gasteiger partial charge on any atom is 0.258 e. The number of hydrogen-bond acceptors (Lipinski definition) is 4. The number of para-hydroxylation sites is 1. The minimum Gasteiger partial charge on any atom is -0.379 e. The predicted octanol–water partition coefficient (Wildman–Crippen LogP) is 5.38. The van der Waals surface area contributed by atoms with Crippen LogP contribution in [0.15, 0.2) is 82.3 Å². The van der Waals surface area contributed by atoms with Gasteiger partial charge in [0.15, 0.2) is 0 Å². The van der Waals surface area contributed by atoms with Crippen LogP contribution in [-0.2, 0) is 26.1 Å². The largest absolute Gasteiger partial charge is 0.379 e. The molecule has 3 heterocycles. The Bertz CT molecular complexity index is 1700. The number of aromatic nitrogens is 1. The fourth-order valence-electron chi connectivity index (χ4n) is 5.35. The van der Waals surface area contributed by atoms with E-state index in [0.29, 0.717) is 50.5 Å². The molecule has 1 amide bonds. The van der Waals surface area contributed by atoms with E-state index in [0.717, 1.165) is 32.2 Å². The first-order valence-corrected chi connectivity index (χ1v) is 15.2. The number of rotatable bonds is 6. The molecule has 6 rings (SSSR count). The van der Waals surface area contributed by atoms with Gasteiger partial charge in [0.2, 0.25) is 10.0 Å². The molecule has 4 aromatic rings. The van der Waals surface area contributed by atoms with E-state index in [1.807, 2.05) is 37.3 Å². The van der Waals surface area contributed by atoms with Crippen molar-refractivity contribution in [3.8, 4) is 0 Å². The number of hydrogen-bond donors (Lipinski definition) is 0. The zero-order chi connectivity index (χ0) is 27.1. The highest BCUT2D eigenvalue weighted by atomic mass is 79.9. The van der Waals surface area contributed by atoms with Crippen molar-refractivity contribution >= 4 is 60.1 Å². The van der Waals surface area contributed by atoms with Crippen molar-refractivity contribution in [1.82, 2.24) is 8.87 Å². The van der Waals surface area contributed by atoms with Crippen LogP contribution >= 0.6 is 15.9 Å². The minimum absolute atomic E-state index is 0.127. The third-order valence-corrected chi connectivity index (χ3v) is 9.76. The lowest BCUT2D eigenvalue weighted by molar-refractivity contribution is -0.112. The lowest BCUT2D eigenvalue weighted by Crippen LogP contribution is -2.40. The maximum absolute atomic E-state index is 13.6. The summed E-state index contributed by atoms with van der Waals surface area (Å²) in [6.45, 7) is 4.49. The van der Waals surface area contributed by atoms with E-state index < -0.39 is 10.0 Å². The van der Waals surface area contributed by atoms with Crippen molar-refractivity contribution in [2.24, 2.45) is 0 Å². The average molecular weight is 607 g/mol. The van der Waals surface area contributed by atoms with Gasteiger partial charge in [-0.2, -0.15) is 4.31 Å². The van der Waals surface area contributed by atoms with E-state index in [4.69, 9.17) is 4.74 Å². The van der Waals surface area contributed by atoms with Crippen molar-refractivity contribution in [2.45, 2.75) is 18.4 Å². The van der Waals surface area contributed by atoms with Gasteiger partial charge in [-0.05, 0) is 55.0 Å². The van der Waals surface area contributed by atoms with Crippen molar-refractivity contribution < 1.29 is 17.9 Å². The molecule has 0 radical (unpaired) electrons. The molecular weight excluding hydrogens is 578 g/mol. The van der Waals surface area contributed by atoms with Gasteiger partial charge in [0.25, 0.3) is 5.91 Å². The molecule has 1 saturated heterocycles. The zero-order valence-corrected chi connectivity index (χ0v) is 23.9. The molecule has 9 heteroatoms. The molecule has 0 atom stereocenters. The van der Waals surface area contributed by atoms with Gasteiger partial charge >= 0.3 is 0 Å². The second kappa shape index (κ2) is 10.4. The summed E-state index contributed by atoms with van der Waals surface area (Å²) in [7, 11) is -3.70. The highest BCUT2D eigenvalue weighted by Crippen LogP contribution is 2.40. The number of carbonyl (C=O) groups is 1. The number of nitrogens with zero attached hydrogens (tertiary/aromatic N) is 3. The number of ether oxygens (including phenoxy) is 1. The van der Waals surface area contributed by atoms with Gasteiger partial charge in [-0.3, -0.25) is 4.79 Å². The Kier molecular flexibility index (Phi) is 6.93. The van der Waals surface area contributed by atoms with Crippen LogP contribution in [-0.4, -0.2) is 56.0 Å². The summed E-state index contributed by atoms with van der Waals surface area (Å²) in [6, 6.07) is 21.4. The number of anilines is 1. The molecule has 200 valence electrons. The normalized spacial score (nSPS) is 17.3. The summed E-state index contributed by atoms with van der Waals surface area (Å²) >= 11 is 3.50. The molecular formula is C30H28BrN3O4S. The van der Waals surface area contributed by atoms with E-state index in [-0.39, 0.29) is 10.8 Å². The Labute approximate surface area is 236 Å². The third-order valence-electron chi connectivity index (χ3n) is 7.33. The SMILES string of the molecule is CCN1C(=O)C(=Cc2cn(Cc3ccc(Br)cc3)c3ccccc23)c2cc(S(=O)(=O)N3CCOCC3)ccc21. The summed E-state index contributed by atoms with van der Waals surface area (Å²) in [5.41, 5.74) is 5.01. The van der Waals surface area contributed by atoms with Crippen LogP contribution in [0.5, 0.6) is 0 Å². The predicted molar refractivity (Wildman–Crippen MR) is 157 cm³/mol. The van der Waals surface area contributed by atoms with Crippen LogP contribution in [0.2, 0.25) is 0 Å². The fraction of sp³-hybridized carbons (Fsp3) is 0.233. The second-order valence-electron chi connectivity index (χ2n) is 9.66. The molecule has 0 bridgehead atoms. The number of benzene rings is 3. The topological polar surface area (TPSA) is 71.9 Å². The van der Waals surface area contributed by atoms with Crippen molar-refractivity contribution in [1.29, 1.82) is 0 Å². The fourth-order valence-corrected chi connectivity index (χ4v) is 7.05. The van der Waals surface area contributed by atoms with Crippen molar-refractivity contribution in [3.05, 3.63) is 94.1 Å². The van der Waals surface area contributed by atoms with Crippen LogP contribution in [0, 0.1) is 0 Å². The highest BCUT2D eigenvalue weighted by Gasteiger charge is 2.34. The van der Waals surface area contributed by atoms with Gasteiger partial charge in [0.05, 0.1) is 23.8 Å². The lowest BCUT2D eigenvalue weighted by atomic mass is 10.0. The first-order chi connectivity index (χ1) is 18.9. The summed E-state index contributed by atoms with van der Waals surface area (Å²) in [4.78, 5) is 15.5. The highest BCUT2D eigenvalue weighted by molar-refractivity contribution is 9.10. The first-order valence-electron chi connectivity index (χ1n) is 12.9. The van der Waals surface area contributed by atoms with Crippen molar-refractivity contribution in [2.75, 3.05) is 37.7 Å². The van der Waals surface area contributed by atoms with Gasteiger partial charge in [-0.15, -0.1) is 0 Å². The minimum atomic E-state index is -3.70. The second-order valence-corrected chi connectivity index (χ2v) is 12.5. The van der Waals surface area contributed by atoms with Gasteiger partial charge in [-0.1, -0.05) is 46.3 Å². The number of amides is 1. The number of fused-ring (bicyclic) bond motifs is 2. The van der Waals surface area contributed by atoms with E-state index >= 15 is 0 Å². The standard InChI is InChI=1S/C30H28BrN3O4S/c1-2-34-29-12-11-24(39(36,37)33-13-15-38-16-14-33)18-26(29)27(30(34)35)17-22-20-32(28-6-4-3-5-25(22)28)19-21-7-9-23(31)10-8-21/h3-12,17-18,20H,2,13-16,19H2,1H3. The van der Waals surface area contributed by atoms with Crippen LogP contribution in [0.1, 0.15) is 23.6 Å². The summed E-state index contributed by atoms with van der Waals surface area (Å²) < 4.78 is 36.8. The van der Waals surface area contributed by atoms with Gasteiger partial charge in [-0.25, -0.2) is 8.42 Å². The smallest absolute Gasteiger partial charge is 0.258 e. The van der Waals surface area contributed by atoms with Gasteiger partial charge in [0, 0.05) is 64.5 Å². The Balaban J connectivity index is 1.44. The lowest BCUT2D eigenvalue weighted by Gasteiger charge is -2.26. The van der Waals surface area contributed by atoms with E-state index in [1.54, 1.807) is 23.1 Å². The summed E-state index contributed by atoms with van der Waals surface area (Å²) in [5, 5.41) is 1.03. The molecule has 0 saturated carbocycles. The number of likely N-dealkylation sites (N-methyl/N-ethyl adjacent to an activating group) is 1. The molecule has 1 aromatic heterocycles. The van der Waals surface area contributed by atoms with Crippen LogP contribution in [0.4, 0.5) is 5.69 Å². The molecule has 7 nitrogen and oxygen atoms in total. The Hall–Kier alpha value is -3.24.